The molecule has 0 aliphatic carbocycles. The van der Waals surface area contributed by atoms with E-state index in [1.807, 2.05) is 54.6 Å². The van der Waals surface area contributed by atoms with Crippen molar-refractivity contribution in [2.24, 2.45) is 0 Å². The molecule has 1 amide bonds. The van der Waals surface area contributed by atoms with Gasteiger partial charge in [-0.2, -0.15) is 0 Å². The third-order valence-corrected chi connectivity index (χ3v) is 6.17. The molecule has 4 rings (SSSR count). The fourth-order valence-electron chi connectivity index (χ4n) is 4.26. The van der Waals surface area contributed by atoms with Crippen molar-refractivity contribution in [1.82, 2.24) is 9.96 Å². The Hall–Kier alpha value is -4.26. The molecule has 1 aliphatic rings. The van der Waals surface area contributed by atoms with Gasteiger partial charge in [0.15, 0.2) is 5.94 Å². The maximum absolute atomic E-state index is 12.7. The normalized spacial score (nSPS) is 13.4. The highest BCUT2D eigenvalue weighted by molar-refractivity contribution is 5.67. The van der Waals surface area contributed by atoms with Gasteiger partial charge in [-0.15, -0.1) is 5.06 Å². The molecular weight excluding hydrogens is 470 g/mol. The topological polar surface area (TPSA) is 71.5 Å². The first-order valence-corrected chi connectivity index (χ1v) is 12.2. The summed E-state index contributed by atoms with van der Waals surface area (Å²) in [6.45, 7) is 4.64. The van der Waals surface area contributed by atoms with Gasteiger partial charge in [-0.05, 0) is 28.8 Å². The van der Waals surface area contributed by atoms with Gasteiger partial charge in [0.1, 0.15) is 12.4 Å². The summed E-state index contributed by atoms with van der Waals surface area (Å²) in [6.07, 6.45) is 0.0856. The molecule has 37 heavy (non-hydrogen) atoms. The summed E-state index contributed by atoms with van der Waals surface area (Å²) in [5.41, 5.74) is 3.90. The molecule has 0 aromatic heterocycles. The van der Waals surface area contributed by atoms with Crippen LogP contribution in [0.25, 0.3) is 0 Å². The number of rotatable bonds is 10. The molecule has 3 aromatic carbocycles. The predicted molar refractivity (Wildman–Crippen MR) is 140 cm³/mol. The van der Waals surface area contributed by atoms with E-state index in [0.717, 1.165) is 66.6 Å². The number of nitrogens with zero attached hydrogens (tertiary/aromatic N) is 3. The third kappa shape index (κ3) is 7.36. The minimum Gasteiger partial charge on any atom is -0.495 e. The van der Waals surface area contributed by atoms with Crippen LogP contribution in [-0.4, -0.2) is 55.3 Å². The second-order valence-corrected chi connectivity index (χ2v) is 8.67. The first kappa shape index (κ1) is 25.8. The first-order chi connectivity index (χ1) is 18.2. The lowest BCUT2D eigenvalue weighted by Gasteiger charge is -2.37. The Kier molecular flexibility index (Phi) is 9.18. The standard InChI is InChI=1S/C29H31N3O5/c1-35-28-13-12-26(22-32(37-19-18-33)29(34)36-23-25-10-6-3-7-11-25)20-27(28)31-16-14-30(15-17-31)21-24-8-4-2-5-9-24/h2-13,19-20H,14-17,21-23H2,1H3. The molecule has 0 unspecified atom stereocenters. The fraction of sp³-hybridized carbons (Fsp3) is 0.276. The molecule has 8 nitrogen and oxygen atoms in total. The van der Waals surface area contributed by atoms with Gasteiger partial charge in [0.2, 0.25) is 6.26 Å². The molecule has 1 fully saturated rings. The number of hydrogen-bond acceptors (Lipinski definition) is 7. The zero-order chi connectivity index (χ0) is 25.9. The second-order valence-electron chi connectivity index (χ2n) is 8.67. The Morgan fingerprint density at radius 2 is 1.59 bits per heavy atom. The Morgan fingerprint density at radius 3 is 2.24 bits per heavy atom. The number of carbonyl (C=O) groups is 1. The molecular formula is C29H31N3O5. The minimum absolute atomic E-state index is 0.0801. The van der Waals surface area contributed by atoms with E-state index in [1.54, 1.807) is 7.11 Å². The summed E-state index contributed by atoms with van der Waals surface area (Å²) in [5.74, 6) is 2.29. The van der Waals surface area contributed by atoms with Crippen molar-refractivity contribution < 1.29 is 23.9 Å². The maximum Gasteiger partial charge on any atom is 0.443 e. The van der Waals surface area contributed by atoms with Crippen LogP contribution < -0.4 is 9.64 Å². The van der Waals surface area contributed by atoms with Gasteiger partial charge in [-0.25, -0.2) is 9.59 Å². The number of anilines is 1. The van der Waals surface area contributed by atoms with E-state index in [-0.39, 0.29) is 13.2 Å². The molecule has 0 bridgehead atoms. The summed E-state index contributed by atoms with van der Waals surface area (Å²) in [4.78, 5) is 33.4. The highest BCUT2D eigenvalue weighted by atomic mass is 16.7. The smallest absolute Gasteiger partial charge is 0.443 e. The number of ether oxygens (including phenoxy) is 2. The van der Waals surface area contributed by atoms with E-state index >= 15 is 0 Å². The van der Waals surface area contributed by atoms with Crippen LogP contribution in [-0.2, 0) is 34.1 Å². The Morgan fingerprint density at radius 1 is 0.919 bits per heavy atom. The van der Waals surface area contributed by atoms with E-state index in [1.165, 1.54) is 11.5 Å². The average Bonchev–Trinajstić information content (AvgIpc) is 2.95. The van der Waals surface area contributed by atoms with E-state index in [9.17, 15) is 9.59 Å². The molecule has 3 aromatic rings. The van der Waals surface area contributed by atoms with Crippen LogP contribution in [0.2, 0.25) is 0 Å². The van der Waals surface area contributed by atoms with Crippen molar-refractivity contribution in [2.45, 2.75) is 19.7 Å². The zero-order valence-electron chi connectivity index (χ0n) is 20.9. The summed E-state index contributed by atoms with van der Waals surface area (Å²) in [7, 11) is 1.65. The number of carbonyl (C=O) groups excluding carboxylic acids is 2. The number of benzene rings is 3. The summed E-state index contributed by atoms with van der Waals surface area (Å²) < 4.78 is 11.0. The molecule has 0 saturated carbocycles. The first-order valence-electron chi connectivity index (χ1n) is 12.2. The number of hydroxylamine groups is 2. The van der Waals surface area contributed by atoms with Gasteiger partial charge in [0.05, 0.1) is 19.3 Å². The van der Waals surface area contributed by atoms with Crippen molar-refractivity contribution in [3.05, 3.63) is 102 Å². The summed E-state index contributed by atoms with van der Waals surface area (Å²) >= 11 is 0. The summed E-state index contributed by atoms with van der Waals surface area (Å²) in [5, 5.41) is 0.997. The summed E-state index contributed by atoms with van der Waals surface area (Å²) in [6, 6.07) is 25.5. The number of hydrogen-bond donors (Lipinski definition) is 0. The third-order valence-electron chi connectivity index (χ3n) is 6.17. The quantitative estimate of drug-likeness (QED) is 0.231. The maximum atomic E-state index is 12.7. The van der Waals surface area contributed by atoms with Gasteiger partial charge in [0, 0.05) is 32.7 Å². The van der Waals surface area contributed by atoms with E-state index in [4.69, 9.17) is 14.3 Å². The van der Waals surface area contributed by atoms with Gasteiger partial charge in [-0.1, -0.05) is 66.7 Å². The average molecular weight is 502 g/mol. The zero-order valence-corrected chi connectivity index (χ0v) is 20.9. The van der Waals surface area contributed by atoms with Crippen LogP contribution in [0.1, 0.15) is 16.7 Å². The monoisotopic (exact) mass is 501 g/mol. The lowest BCUT2D eigenvalue weighted by molar-refractivity contribution is -0.0922. The molecule has 0 radical (unpaired) electrons. The Labute approximate surface area is 217 Å². The molecule has 192 valence electrons. The molecule has 1 heterocycles. The number of amides is 1. The molecule has 1 saturated heterocycles. The van der Waals surface area contributed by atoms with Crippen LogP contribution in [0.3, 0.4) is 0 Å². The van der Waals surface area contributed by atoms with Gasteiger partial charge >= 0.3 is 6.09 Å². The van der Waals surface area contributed by atoms with Crippen molar-refractivity contribution in [2.75, 3.05) is 38.2 Å². The molecule has 0 N–H and O–H groups in total. The highest BCUT2D eigenvalue weighted by Crippen LogP contribution is 2.31. The van der Waals surface area contributed by atoms with Crippen LogP contribution in [0.5, 0.6) is 5.75 Å². The molecule has 8 heteroatoms. The Bertz CT molecular complexity index is 1190. The van der Waals surface area contributed by atoms with Crippen LogP contribution in [0.15, 0.2) is 85.1 Å². The Balaban J connectivity index is 1.41. The van der Waals surface area contributed by atoms with E-state index in [0.29, 0.717) is 0 Å². The fourth-order valence-corrected chi connectivity index (χ4v) is 4.26. The number of methoxy groups -OCH3 is 1. The predicted octanol–water partition coefficient (Wildman–Crippen LogP) is 4.43. The van der Waals surface area contributed by atoms with Crippen molar-refractivity contribution in [1.29, 1.82) is 0 Å². The lowest BCUT2D eigenvalue weighted by Crippen LogP contribution is -2.46. The van der Waals surface area contributed by atoms with E-state index in [2.05, 4.69) is 34.1 Å². The van der Waals surface area contributed by atoms with Crippen LogP contribution >= 0.6 is 0 Å². The van der Waals surface area contributed by atoms with Crippen LogP contribution in [0, 0.1) is 0 Å². The largest absolute Gasteiger partial charge is 0.495 e. The minimum atomic E-state index is -0.706. The SMILES string of the molecule is COc1ccc(CN(OC=C=O)C(=O)OCc2ccccc2)cc1N1CCN(Cc2ccccc2)CC1. The van der Waals surface area contributed by atoms with Crippen molar-refractivity contribution in [3.63, 3.8) is 0 Å². The molecule has 0 atom stereocenters. The lowest BCUT2D eigenvalue weighted by atomic mass is 10.1. The van der Waals surface area contributed by atoms with E-state index < -0.39 is 6.09 Å². The van der Waals surface area contributed by atoms with Crippen molar-refractivity contribution >= 4 is 17.7 Å². The number of piperazine rings is 1. The van der Waals surface area contributed by atoms with Gasteiger partial charge in [0.25, 0.3) is 0 Å². The van der Waals surface area contributed by atoms with Gasteiger partial charge in [-0.3, -0.25) is 4.90 Å². The second kappa shape index (κ2) is 13.2. The molecule has 1 aliphatic heterocycles. The van der Waals surface area contributed by atoms with Crippen LogP contribution in [0.4, 0.5) is 10.5 Å². The highest BCUT2D eigenvalue weighted by Gasteiger charge is 2.22. The molecule has 0 spiro atoms. The van der Waals surface area contributed by atoms with Gasteiger partial charge < -0.3 is 19.2 Å². The van der Waals surface area contributed by atoms with Crippen molar-refractivity contribution in [3.8, 4) is 5.75 Å².